The summed E-state index contributed by atoms with van der Waals surface area (Å²) in [5.74, 6) is 1.43. The molecular weight excluding hydrogens is 364 g/mol. The third kappa shape index (κ3) is 3.64. The Bertz CT molecular complexity index is 1020. The van der Waals surface area contributed by atoms with Gasteiger partial charge in [-0.2, -0.15) is 5.26 Å². The lowest BCUT2D eigenvalue weighted by atomic mass is 10.1. The Morgan fingerprint density at radius 3 is 2.70 bits per heavy atom. The highest BCUT2D eigenvalue weighted by Crippen LogP contribution is 2.31. The van der Waals surface area contributed by atoms with Gasteiger partial charge in [-0.1, -0.05) is 11.8 Å². The molecule has 1 aromatic heterocycles. The van der Waals surface area contributed by atoms with Crippen LogP contribution < -0.4 is 9.47 Å². The molecule has 1 aliphatic heterocycles. The Hall–Kier alpha value is -3.31. The first-order chi connectivity index (χ1) is 13.2. The summed E-state index contributed by atoms with van der Waals surface area (Å²) in [5.41, 5.74) is 1.97. The molecule has 0 saturated carbocycles. The molecule has 0 aliphatic carbocycles. The van der Waals surface area contributed by atoms with Crippen LogP contribution in [0.5, 0.6) is 11.5 Å². The molecule has 2 heterocycles. The van der Waals surface area contributed by atoms with Crippen molar-refractivity contribution in [3.05, 3.63) is 59.9 Å². The van der Waals surface area contributed by atoms with Gasteiger partial charge < -0.3 is 9.47 Å². The highest BCUT2D eigenvalue weighted by Gasteiger charge is 2.16. The number of ether oxygens (including phenoxy) is 2. The van der Waals surface area contributed by atoms with Crippen LogP contribution in [0.4, 0.5) is 0 Å². The van der Waals surface area contributed by atoms with Crippen LogP contribution in [0.15, 0.2) is 53.9 Å². The number of hydrogen-bond donors (Lipinski definition) is 0. The first kappa shape index (κ1) is 17.1. The van der Waals surface area contributed by atoms with E-state index in [-0.39, 0.29) is 11.5 Å². The minimum absolute atomic E-state index is 0.0358. The first-order valence-corrected chi connectivity index (χ1v) is 9.19. The van der Waals surface area contributed by atoms with Gasteiger partial charge in [0.2, 0.25) is 0 Å². The lowest BCUT2D eigenvalue weighted by molar-refractivity contribution is 0.102. The van der Waals surface area contributed by atoms with E-state index in [1.807, 2.05) is 12.1 Å². The van der Waals surface area contributed by atoms with Gasteiger partial charge in [-0.3, -0.25) is 9.36 Å². The maximum absolute atomic E-state index is 12.5. The molecule has 0 radical (unpaired) electrons. The lowest BCUT2D eigenvalue weighted by Gasteiger charge is -2.18. The SMILES string of the molecule is N#Cc1ccc(-n2cnnc2SCC(=O)c2ccc3c(c2)OCCO3)cc1. The second kappa shape index (κ2) is 7.51. The van der Waals surface area contributed by atoms with Crippen LogP contribution in [-0.4, -0.2) is 39.5 Å². The molecule has 4 rings (SSSR count). The number of nitriles is 1. The number of fused-ring (bicyclic) bond motifs is 1. The third-order valence-electron chi connectivity index (χ3n) is 3.99. The van der Waals surface area contributed by atoms with Crippen LogP contribution in [0.3, 0.4) is 0 Å². The molecule has 27 heavy (non-hydrogen) atoms. The van der Waals surface area contributed by atoms with Gasteiger partial charge in [-0.05, 0) is 42.5 Å². The van der Waals surface area contributed by atoms with Crippen molar-refractivity contribution in [2.45, 2.75) is 5.16 Å². The molecule has 7 nitrogen and oxygen atoms in total. The van der Waals surface area contributed by atoms with Gasteiger partial charge in [0.25, 0.3) is 0 Å². The van der Waals surface area contributed by atoms with E-state index in [1.54, 1.807) is 41.2 Å². The van der Waals surface area contributed by atoms with Gasteiger partial charge in [-0.15, -0.1) is 10.2 Å². The van der Waals surface area contributed by atoms with Crippen LogP contribution in [0.25, 0.3) is 5.69 Å². The summed E-state index contributed by atoms with van der Waals surface area (Å²) in [6.45, 7) is 0.994. The quantitative estimate of drug-likeness (QED) is 0.498. The summed E-state index contributed by atoms with van der Waals surface area (Å²) in [6.07, 6.45) is 1.58. The number of nitrogens with zero attached hydrogens (tertiary/aromatic N) is 4. The number of ketones is 1. The third-order valence-corrected chi connectivity index (χ3v) is 4.93. The van der Waals surface area contributed by atoms with E-state index in [1.165, 1.54) is 11.8 Å². The van der Waals surface area contributed by atoms with Crippen LogP contribution in [0.1, 0.15) is 15.9 Å². The summed E-state index contributed by atoms with van der Waals surface area (Å²) in [4.78, 5) is 12.5. The van der Waals surface area contributed by atoms with Crippen LogP contribution in [-0.2, 0) is 0 Å². The average molecular weight is 378 g/mol. The molecule has 0 amide bonds. The maximum Gasteiger partial charge on any atom is 0.196 e. The predicted molar refractivity (Wildman–Crippen MR) is 98.6 cm³/mol. The van der Waals surface area contributed by atoms with Gasteiger partial charge in [0.15, 0.2) is 22.4 Å². The fourth-order valence-electron chi connectivity index (χ4n) is 2.63. The normalized spacial score (nSPS) is 12.4. The van der Waals surface area contributed by atoms with E-state index in [0.717, 1.165) is 5.69 Å². The molecule has 3 aromatic rings. The molecule has 2 aromatic carbocycles. The molecule has 8 heteroatoms. The number of benzene rings is 2. The van der Waals surface area contributed by atoms with Gasteiger partial charge in [0.05, 0.1) is 17.4 Å². The summed E-state index contributed by atoms with van der Waals surface area (Å²) in [6, 6.07) is 14.4. The predicted octanol–water partition coefficient (Wildman–Crippen LogP) is 2.89. The van der Waals surface area contributed by atoms with Crippen molar-refractivity contribution in [3.63, 3.8) is 0 Å². The second-order valence-electron chi connectivity index (χ2n) is 5.71. The fourth-order valence-corrected chi connectivity index (χ4v) is 3.45. The molecule has 0 atom stereocenters. The molecule has 0 fully saturated rings. The zero-order valence-electron chi connectivity index (χ0n) is 14.2. The number of thioether (sulfide) groups is 1. The minimum atomic E-state index is -0.0358. The zero-order valence-corrected chi connectivity index (χ0v) is 15.0. The molecule has 0 spiro atoms. The van der Waals surface area contributed by atoms with E-state index in [2.05, 4.69) is 16.3 Å². The molecular formula is C19H14N4O3S. The maximum atomic E-state index is 12.5. The standard InChI is InChI=1S/C19H14N4O3S/c20-10-13-1-4-15(5-2-13)23-12-21-22-19(23)27-11-16(24)14-3-6-17-18(9-14)26-8-7-25-17/h1-6,9,12H,7-8,11H2. The Kier molecular flexibility index (Phi) is 4.77. The fraction of sp³-hybridized carbons (Fsp3) is 0.158. The van der Waals surface area contributed by atoms with Gasteiger partial charge in [0, 0.05) is 11.3 Å². The van der Waals surface area contributed by atoms with E-state index in [0.29, 0.717) is 41.0 Å². The average Bonchev–Trinajstić information content (AvgIpc) is 3.20. The number of carbonyl (C=O) groups is 1. The number of Topliss-reactive ketones (excluding diaryl/α,β-unsaturated/α-hetero) is 1. The van der Waals surface area contributed by atoms with Gasteiger partial charge >= 0.3 is 0 Å². The summed E-state index contributed by atoms with van der Waals surface area (Å²) in [7, 11) is 0. The molecule has 0 saturated heterocycles. The summed E-state index contributed by atoms with van der Waals surface area (Å²) < 4.78 is 12.8. The van der Waals surface area contributed by atoms with Crippen LogP contribution in [0.2, 0.25) is 0 Å². The largest absolute Gasteiger partial charge is 0.486 e. The van der Waals surface area contributed by atoms with Crippen molar-refractivity contribution < 1.29 is 14.3 Å². The van der Waals surface area contributed by atoms with E-state index in [4.69, 9.17) is 14.7 Å². The number of aromatic nitrogens is 3. The zero-order chi connectivity index (χ0) is 18.6. The first-order valence-electron chi connectivity index (χ1n) is 8.21. The van der Waals surface area contributed by atoms with E-state index >= 15 is 0 Å². The summed E-state index contributed by atoms with van der Waals surface area (Å²) >= 11 is 1.30. The molecule has 134 valence electrons. The van der Waals surface area contributed by atoms with Crippen LogP contribution >= 0.6 is 11.8 Å². The van der Waals surface area contributed by atoms with Crippen molar-refractivity contribution in [1.82, 2.24) is 14.8 Å². The Balaban J connectivity index is 1.47. The highest BCUT2D eigenvalue weighted by atomic mass is 32.2. The topological polar surface area (TPSA) is 90.0 Å². The van der Waals surface area contributed by atoms with Crippen molar-refractivity contribution in [2.24, 2.45) is 0 Å². The van der Waals surface area contributed by atoms with E-state index < -0.39 is 0 Å². The number of carbonyl (C=O) groups excluding carboxylic acids is 1. The van der Waals surface area contributed by atoms with Gasteiger partial charge in [0.1, 0.15) is 19.5 Å². The van der Waals surface area contributed by atoms with Crippen molar-refractivity contribution in [1.29, 1.82) is 5.26 Å². The van der Waals surface area contributed by atoms with Gasteiger partial charge in [-0.25, -0.2) is 0 Å². The second-order valence-corrected chi connectivity index (χ2v) is 6.65. The molecule has 0 bridgehead atoms. The Morgan fingerprint density at radius 1 is 1.15 bits per heavy atom. The minimum Gasteiger partial charge on any atom is -0.486 e. The van der Waals surface area contributed by atoms with Crippen molar-refractivity contribution >= 4 is 17.5 Å². The van der Waals surface area contributed by atoms with Crippen molar-refractivity contribution in [2.75, 3.05) is 19.0 Å². The molecule has 0 N–H and O–H groups in total. The smallest absolute Gasteiger partial charge is 0.196 e. The number of hydrogen-bond acceptors (Lipinski definition) is 7. The lowest BCUT2D eigenvalue weighted by Crippen LogP contribution is -2.16. The highest BCUT2D eigenvalue weighted by molar-refractivity contribution is 7.99. The van der Waals surface area contributed by atoms with E-state index in [9.17, 15) is 4.79 Å². The number of rotatable bonds is 5. The van der Waals surface area contributed by atoms with Crippen LogP contribution in [0, 0.1) is 11.3 Å². The molecule has 1 aliphatic rings. The Labute approximate surface area is 159 Å². The Morgan fingerprint density at radius 2 is 1.93 bits per heavy atom. The molecule has 0 unspecified atom stereocenters. The van der Waals surface area contributed by atoms with Crippen molar-refractivity contribution in [3.8, 4) is 23.3 Å². The monoisotopic (exact) mass is 378 g/mol. The summed E-state index contributed by atoms with van der Waals surface area (Å²) in [5, 5.41) is 17.5.